The number of rotatable bonds is 1. The van der Waals surface area contributed by atoms with Crippen molar-refractivity contribution in [3.8, 4) is 0 Å². The summed E-state index contributed by atoms with van der Waals surface area (Å²) in [6.45, 7) is 0. The number of carbonyl (C=O) groups excluding carboxylic acids is 2. The molecule has 5 heteroatoms. The van der Waals surface area contributed by atoms with Crippen molar-refractivity contribution in [3.63, 3.8) is 0 Å². The van der Waals surface area contributed by atoms with Gasteiger partial charge in [-0.25, -0.2) is 0 Å². The lowest BCUT2D eigenvalue weighted by Crippen LogP contribution is -2.47. The number of amides is 2. The minimum Gasteiger partial charge on any atom is -0.398 e. The van der Waals surface area contributed by atoms with Crippen molar-refractivity contribution in [1.29, 1.82) is 0 Å². The summed E-state index contributed by atoms with van der Waals surface area (Å²) in [4.78, 5) is 26.0. The van der Waals surface area contributed by atoms with Crippen LogP contribution in [0.3, 0.4) is 0 Å². The Morgan fingerprint density at radius 2 is 1.70 bits per heavy atom. The van der Waals surface area contributed by atoms with Gasteiger partial charge in [-0.1, -0.05) is 24.4 Å². The van der Waals surface area contributed by atoms with Gasteiger partial charge in [0.1, 0.15) is 0 Å². The quantitative estimate of drug-likeness (QED) is 0.639. The first-order valence-corrected chi connectivity index (χ1v) is 7.29. The normalized spacial score (nSPS) is 21.8. The van der Waals surface area contributed by atoms with E-state index in [0.29, 0.717) is 29.2 Å². The van der Waals surface area contributed by atoms with Crippen LogP contribution in [0.25, 0.3) is 0 Å². The van der Waals surface area contributed by atoms with Crippen LogP contribution >= 0.6 is 11.6 Å². The monoisotopic (exact) mass is 292 g/mol. The summed E-state index contributed by atoms with van der Waals surface area (Å²) in [5, 5.41) is 0.365. The van der Waals surface area contributed by atoms with Gasteiger partial charge in [0.05, 0.1) is 16.4 Å². The van der Waals surface area contributed by atoms with E-state index < -0.39 is 0 Å². The zero-order valence-corrected chi connectivity index (χ0v) is 11.9. The van der Waals surface area contributed by atoms with E-state index in [-0.39, 0.29) is 17.2 Å². The van der Waals surface area contributed by atoms with E-state index in [4.69, 9.17) is 17.3 Å². The molecule has 20 heavy (non-hydrogen) atoms. The molecule has 0 radical (unpaired) electrons. The summed E-state index contributed by atoms with van der Waals surface area (Å²) < 4.78 is 0. The Bertz CT molecular complexity index is 559. The number of hydrogen-bond donors (Lipinski definition) is 1. The minimum atomic E-state index is -0.121. The topological polar surface area (TPSA) is 63.4 Å². The fourth-order valence-electron chi connectivity index (χ4n) is 3.42. The van der Waals surface area contributed by atoms with Crippen molar-refractivity contribution < 1.29 is 9.59 Å². The Morgan fingerprint density at radius 3 is 2.25 bits per heavy atom. The van der Waals surface area contributed by atoms with Crippen LogP contribution in [0, 0.1) is 5.41 Å². The van der Waals surface area contributed by atoms with Gasteiger partial charge in [0.25, 0.3) is 0 Å². The first-order chi connectivity index (χ1) is 9.51. The third-order valence-corrected chi connectivity index (χ3v) is 4.79. The van der Waals surface area contributed by atoms with Crippen LogP contribution in [-0.2, 0) is 9.59 Å². The number of anilines is 2. The molecule has 0 atom stereocenters. The van der Waals surface area contributed by atoms with E-state index in [1.165, 1.54) is 4.90 Å². The molecule has 2 aliphatic rings. The van der Waals surface area contributed by atoms with Crippen molar-refractivity contribution in [2.45, 2.75) is 38.5 Å². The largest absolute Gasteiger partial charge is 0.398 e. The van der Waals surface area contributed by atoms with E-state index >= 15 is 0 Å². The number of imide groups is 1. The second kappa shape index (κ2) is 4.77. The number of nitrogens with zero attached hydrogens (tertiary/aromatic N) is 1. The summed E-state index contributed by atoms with van der Waals surface area (Å²) in [7, 11) is 0. The molecule has 2 amide bonds. The van der Waals surface area contributed by atoms with E-state index in [1.807, 2.05) is 0 Å². The summed E-state index contributed by atoms with van der Waals surface area (Å²) in [6.07, 6.45) is 5.13. The molecule has 0 aromatic heterocycles. The highest BCUT2D eigenvalue weighted by atomic mass is 35.5. The van der Waals surface area contributed by atoms with Crippen LogP contribution in [0.2, 0.25) is 5.02 Å². The lowest BCUT2D eigenvalue weighted by atomic mass is 9.76. The van der Waals surface area contributed by atoms with Crippen molar-refractivity contribution in [1.82, 2.24) is 0 Å². The molecule has 3 rings (SSSR count). The number of halogens is 1. The molecule has 1 spiro atoms. The van der Waals surface area contributed by atoms with Gasteiger partial charge in [0.15, 0.2) is 0 Å². The lowest BCUT2D eigenvalue weighted by Gasteiger charge is -2.37. The molecule has 2 N–H and O–H groups in total. The Labute approximate surface area is 122 Å². The molecule has 4 nitrogen and oxygen atoms in total. The molecule has 106 valence electrons. The molecule has 1 heterocycles. The van der Waals surface area contributed by atoms with Crippen LogP contribution in [0.5, 0.6) is 0 Å². The maximum atomic E-state index is 12.4. The van der Waals surface area contributed by atoms with Crippen LogP contribution in [0.4, 0.5) is 11.4 Å². The van der Waals surface area contributed by atoms with Gasteiger partial charge in [-0.2, -0.15) is 0 Å². The Hall–Kier alpha value is -1.55. The van der Waals surface area contributed by atoms with Crippen LogP contribution in [0.15, 0.2) is 18.2 Å². The van der Waals surface area contributed by atoms with Gasteiger partial charge >= 0.3 is 0 Å². The SMILES string of the molecule is Nc1ccc(N2C(=O)CC3(CCCC3)CC2=O)cc1Cl. The highest BCUT2D eigenvalue weighted by molar-refractivity contribution is 6.33. The van der Waals surface area contributed by atoms with Gasteiger partial charge < -0.3 is 5.73 Å². The van der Waals surface area contributed by atoms with E-state index in [9.17, 15) is 9.59 Å². The van der Waals surface area contributed by atoms with Crippen LogP contribution in [-0.4, -0.2) is 11.8 Å². The molecular formula is C15H17ClN2O2. The highest BCUT2D eigenvalue weighted by Crippen LogP contribution is 2.47. The number of piperidine rings is 1. The average molecular weight is 293 g/mol. The van der Waals surface area contributed by atoms with Gasteiger partial charge in [-0.3, -0.25) is 14.5 Å². The summed E-state index contributed by atoms with van der Waals surface area (Å²) in [5.41, 5.74) is 6.55. The molecule has 1 aliphatic carbocycles. The smallest absolute Gasteiger partial charge is 0.234 e. The van der Waals surface area contributed by atoms with Crippen LogP contribution in [0.1, 0.15) is 38.5 Å². The zero-order chi connectivity index (χ0) is 14.3. The fourth-order valence-corrected chi connectivity index (χ4v) is 3.60. The van der Waals surface area contributed by atoms with Gasteiger partial charge in [-0.05, 0) is 36.5 Å². The summed E-state index contributed by atoms with van der Waals surface area (Å²) in [6, 6.07) is 4.88. The maximum absolute atomic E-state index is 12.4. The summed E-state index contributed by atoms with van der Waals surface area (Å²) >= 11 is 5.97. The van der Waals surface area contributed by atoms with E-state index in [0.717, 1.165) is 25.7 Å². The first kappa shape index (κ1) is 13.4. The van der Waals surface area contributed by atoms with E-state index in [1.54, 1.807) is 18.2 Å². The minimum absolute atomic E-state index is 0.0811. The van der Waals surface area contributed by atoms with Crippen LogP contribution < -0.4 is 10.6 Å². The Kier molecular flexibility index (Phi) is 3.21. The molecule has 2 fully saturated rings. The number of nitrogen functional groups attached to an aromatic ring is 1. The average Bonchev–Trinajstić information content (AvgIpc) is 2.80. The molecule has 1 aromatic carbocycles. The highest BCUT2D eigenvalue weighted by Gasteiger charge is 2.45. The standard InChI is InChI=1S/C15H17ClN2O2/c16-11-7-10(3-4-12(11)17)18-13(19)8-15(9-14(18)20)5-1-2-6-15/h3-4,7H,1-2,5-6,8-9,17H2. The third-order valence-electron chi connectivity index (χ3n) is 4.46. The molecule has 0 unspecified atom stereocenters. The number of hydrogen-bond acceptors (Lipinski definition) is 3. The molecule has 1 aliphatic heterocycles. The van der Waals surface area contributed by atoms with Crippen molar-refractivity contribution in [3.05, 3.63) is 23.2 Å². The maximum Gasteiger partial charge on any atom is 0.234 e. The number of nitrogens with two attached hydrogens (primary N) is 1. The predicted octanol–water partition coefficient (Wildman–Crippen LogP) is 3.14. The summed E-state index contributed by atoms with van der Waals surface area (Å²) in [5.74, 6) is -0.243. The van der Waals surface area contributed by atoms with E-state index in [2.05, 4.69) is 0 Å². The van der Waals surface area contributed by atoms with Gasteiger partial charge in [0.2, 0.25) is 11.8 Å². The lowest BCUT2D eigenvalue weighted by molar-refractivity contribution is -0.133. The van der Waals surface area contributed by atoms with Crippen molar-refractivity contribution in [2.24, 2.45) is 5.41 Å². The molecule has 1 aromatic rings. The predicted molar refractivity (Wildman–Crippen MR) is 78.5 cm³/mol. The Morgan fingerprint density at radius 1 is 1.10 bits per heavy atom. The van der Waals surface area contributed by atoms with Crippen molar-refractivity contribution in [2.75, 3.05) is 10.6 Å². The molecular weight excluding hydrogens is 276 g/mol. The molecule has 1 saturated heterocycles. The second-order valence-electron chi connectivity index (χ2n) is 5.89. The van der Waals surface area contributed by atoms with Gasteiger partial charge in [0, 0.05) is 12.8 Å². The fraction of sp³-hybridized carbons (Fsp3) is 0.467. The number of carbonyl (C=O) groups is 2. The first-order valence-electron chi connectivity index (χ1n) is 6.92. The van der Waals surface area contributed by atoms with Crippen molar-refractivity contribution >= 4 is 34.8 Å². The molecule has 1 saturated carbocycles. The second-order valence-corrected chi connectivity index (χ2v) is 6.30. The Balaban J connectivity index is 1.89. The third kappa shape index (κ3) is 2.18. The zero-order valence-electron chi connectivity index (χ0n) is 11.2. The molecule has 0 bridgehead atoms. The number of benzene rings is 1. The van der Waals surface area contributed by atoms with Gasteiger partial charge in [-0.15, -0.1) is 0 Å².